The van der Waals surface area contributed by atoms with Crippen molar-refractivity contribution in [2.45, 2.75) is 38.9 Å². The molecule has 1 atom stereocenters. The van der Waals surface area contributed by atoms with Crippen LogP contribution in [0.3, 0.4) is 0 Å². The fourth-order valence-electron chi connectivity index (χ4n) is 3.46. The van der Waals surface area contributed by atoms with Crippen molar-refractivity contribution in [1.29, 1.82) is 0 Å². The topological polar surface area (TPSA) is 50.2 Å². The zero-order valence-corrected chi connectivity index (χ0v) is 14.1. The van der Waals surface area contributed by atoms with Gasteiger partial charge >= 0.3 is 0 Å². The molecule has 24 heavy (non-hydrogen) atoms. The first kappa shape index (κ1) is 15.4. The number of amides is 1. The summed E-state index contributed by atoms with van der Waals surface area (Å²) in [6, 6.07) is 8.71. The lowest BCUT2D eigenvalue weighted by atomic mass is 10.0. The van der Waals surface area contributed by atoms with Crippen molar-refractivity contribution >= 4 is 5.91 Å². The Morgan fingerprint density at radius 3 is 2.83 bits per heavy atom. The van der Waals surface area contributed by atoms with Crippen LogP contribution < -0.4 is 5.32 Å². The highest BCUT2D eigenvalue weighted by molar-refractivity contribution is 5.78. The highest BCUT2D eigenvalue weighted by Crippen LogP contribution is 2.41. The van der Waals surface area contributed by atoms with E-state index < -0.39 is 0 Å². The van der Waals surface area contributed by atoms with E-state index in [9.17, 15) is 4.79 Å². The van der Waals surface area contributed by atoms with Crippen LogP contribution in [0.25, 0.3) is 0 Å². The molecule has 1 aromatic heterocycles. The van der Waals surface area contributed by atoms with Gasteiger partial charge in [0.25, 0.3) is 0 Å². The van der Waals surface area contributed by atoms with Crippen molar-refractivity contribution in [2.75, 3.05) is 13.1 Å². The molecule has 126 valence electrons. The third-order valence-corrected chi connectivity index (χ3v) is 5.04. The van der Waals surface area contributed by atoms with Gasteiger partial charge in [0.2, 0.25) is 5.91 Å². The van der Waals surface area contributed by atoms with Crippen molar-refractivity contribution in [2.24, 2.45) is 5.92 Å². The second-order valence-electron chi connectivity index (χ2n) is 7.04. The molecular formula is C19H24N4O. The first-order valence-corrected chi connectivity index (χ1v) is 8.77. The van der Waals surface area contributed by atoms with Crippen LogP contribution in [0.4, 0.5) is 0 Å². The summed E-state index contributed by atoms with van der Waals surface area (Å²) in [5.41, 5.74) is 2.48. The maximum Gasteiger partial charge on any atom is 0.234 e. The Kier molecular flexibility index (Phi) is 4.10. The second kappa shape index (κ2) is 6.40. The average Bonchev–Trinajstić information content (AvgIpc) is 3.31. The highest BCUT2D eigenvalue weighted by atomic mass is 16.2. The summed E-state index contributed by atoms with van der Waals surface area (Å²) in [6.07, 6.45) is 6.26. The molecule has 0 radical (unpaired) electrons. The molecule has 1 aliphatic heterocycles. The van der Waals surface area contributed by atoms with Gasteiger partial charge in [0.05, 0.1) is 19.1 Å². The molecule has 1 amide bonds. The predicted molar refractivity (Wildman–Crippen MR) is 92.3 cm³/mol. The van der Waals surface area contributed by atoms with E-state index in [1.165, 1.54) is 24.0 Å². The number of hydrogen-bond acceptors (Lipinski definition) is 3. The van der Waals surface area contributed by atoms with Crippen LogP contribution >= 0.6 is 0 Å². The van der Waals surface area contributed by atoms with Crippen LogP contribution in [0.1, 0.15) is 35.8 Å². The minimum absolute atomic E-state index is 0.118. The number of carbonyl (C=O) groups is 1. The lowest BCUT2D eigenvalue weighted by molar-refractivity contribution is -0.123. The minimum atomic E-state index is 0.118. The van der Waals surface area contributed by atoms with Gasteiger partial charge in [-0.3, -0.25) is 9.69 Å². The fourth-order valence-corrected chi connectivity index (χ4v) is 3.46. The van der Waals surface area contributed by atoms with E-state index in [-0.39, 0.29) is 11.9 Å². The number of nitrogens with zero attached hydrogens (tertiary/aromatic N) is 3. The van der Waals surface area contributed by atoms with E-state index in [0.717, 1.165) is 25.5 Å². The van der Waals surface area contributed by atoms with Gasteiger partial charge in [-0.05, 0) is 31.2 Å². The molecule has 1 aromatic carbocycles. The summed E-state index contributed by atoms with van der Waals surface area (Å²) in [5.74, 6) is 1.76. The van der Waals surface area contributed by atoms with Crippen molar-refractivity contribution in [1.82, 2.24) is 19.8 Å². The summed E-state index contributed by atoms with van der Waals surface area (Å²) in [4.78, 5) is 19.1. The number of rotatable bonds is 5. The molecule has 5 nitrogen and oxygen atoms in total. The third-order valence-electron chi connectivity index (χ3n) is 5.04. The number of hydrogen-bond donors (Lipinski definition) is 1. The minimum Gasteiger partial charge on any atom is -0.348 e. The van der Waals surface area contributed by atoms with E-state index in [1.807, 2.05) is 12.4 Å². The monoisotopic (exact) mass is 324 g/mol. The van der Waals surface area contributed by atoms with Gasteiger partial charge in [0, 0.05) is 25.5 Å². The number of imidazole rings is 1. The third kappa shape index (κ3) is 3.36. The van der Waals surface area contributed by atoms with E-state index >= 15 is 0 Å². The summed E-state index contributed by atoms with van der Waals surface area (Å²) in [6.45, 7) is 5.09. The van der Waals surface area contributed by atoms with Gasteiger partial charge in [-0.15, -0.1) is 0 Å². The fraction of sp³-hybridized carbons (Fsp3) is 0.474. The number of carbonyl (C=O) groups excluding carboxylic acids is 1. The maximum atomic E-state index is 12.6. The van der Waals surface area contributed by atoms with E-state index in [1.54, 1.807) is 0 Å². The van der Waals surface area contributed by atoms with Gasteiger partial charge in [-0.2, -0.15) is 0 Å². The van der Waals surface area contributed by atoms with Crippen LogP contribution in [0.15, 0.2) is 36.7 Å². The standard InChI is InChI=1S/C19H24N4O/c1-14-2-4-15(5-3-14)19(16-6-7-16)21-18(24)13-22-10-11-23-9-8-20-17(23)12-22/h2-5,8-9,16,19H,6-7,10-13H2,1H3,(H,21,24)/t19-/m0/s1. The van der Waals surface area contributed by atoms with Crippen molar-refractivity contribution < 1.29 is 4.79 Å². The van der Waals surface area contributed by atoms with Crippen molar-refractivity contribution in [3.8, 4) is 0 Å². The smallest absolute Gasteiger partial charge is 0.234 e. The highest BCUT2D eigenvalue weighted by Gasteiger charge is 2.33. The normalized spacial score (nSPS) is 18.9. The molecule has 0 spiro atoms. The number of fused-ring (bicyclic) bond motifs is 1. The molecule has 1 saturated carbocycles. The quantitative estimate of drug-likeness (QED) is 0.918. The molecule has 2 aliphatic rings. The first-order valence-electron chi connectivity index (χ1n) is 8.77. The Hall–Kier alpha value is -2.14. The van der Waals surface area contributed by atoms with Gasteiger partial charge in [0.15, 0.2) is 0 Å². The summed E-state index contributed by atoms with van der Waals surface area (Å²) in [5, 5.41) is 3.27. The van der Waals surface area contributed by atoms with E-state index in [4.69, 9.17) is 0 Å². The lowest BCUT2D eigenvalue weighted by Gasteiger charge is -2.28. The Morgan fingerprint density at radius 1 is 1.29 bits per heavy atom. The summed E-state index contributed by atoms with van der Waals surface area (Å²) in [7, 11) is 0. The molecule has 1 fully saturated rings. The van der Waals surface area contributed by atoms with Crippen LogP contribution in [-0.2, 0) is 17.9 Å². The number of nitrogens with one attached hydrogen (secondary N) is 1. The van der Waals surface area contributed by atoms with Crippen LogP contribution in [0, 0.1) is 12.8 Å². The van der Waals surface area contributed by atoms with Gasteiger partial charge in [-0.25, -0.2) is 4.98 Å². The maximum absolute atomic E-state index is 12.6. The Balaban J connectivity index is 1.38. The van der Waals surface area contributed by atoms with Gasteiger partial charge < -0.3 is 9.88 Å². The molecule has 2 aromatic rings. The zero-order valence-electron chi connectivity index (χ0n) is 14.1. The number of aromatic nitrogens is 2. The van der Waals surface area contributed by atoms with Gasteiger partial charge in [0.1, 0.15) is 5.82 Å². The Bertz CT molecular complexity index is 717. The second-order valence-corrected chi connectivity index (χ2v) is 7.04. The zero-order chi connectivity index (χ0) is 16.5. The Morgan fingerprint density at radius 2 is 2.08 bits per heavy atom. The van der Waals surface area contributed by atoms with Crippen molar-refractivity contribution in [3.63, 3.8) is 0 Å². The molecule has 4 rings (SSSR count). The first-order chi connectivity index (χ1) is 11.7. The Labute approximate surface area is 142 Å². The molecule has 0 saturated heterocycles. The van der Waals surface area contributed by atoms with E-state index in [0.29, 0.717) is 12.5 Å². The van der Waals surface area contributed by atoms with Crippen molar-refractivity contribution in [3.05, 3.63) is 53.6 Å². The number of aryl methyl sites for hydroxylation is 1. The van der Waals surface area contributed by atoms with Gasteiger partial charge in [-0.1, -0.05) is 29.8 Å². The van der Waals surface area contributed by atoms with E-state index in [2.05, 4.69) is 51.0 Å². The molecule has 0 bridgehead atoms. The average molecular weight is 324 g/mol. The lowest BCUT2D eigenvalue weighted by Crippen LogP contribution is -2.42. The largest absolute Gasteiger partial charge is 0.348 e. The number of benzene rings is 1. The van der Waals surface area contributed by atoms with Crippen LogP contribution in [0.2, 0.25) is 0 Å². The van der Waals surface area contributed by atoms with Crippen LogP contribution in [-0.4, -0.2) is 33.4 Å². The molecule has 1 aliphatic carbocycles. The SMILES string of the molecule is Cc1ccc([C@H](NC(=O)CN2CCn3ccnc3C2)C2CC2)cc1. The predicted octanol–water partition coefficient (Wildman–Crippen LogP) is 2.27. The van der Waals surface area contributed by atoms with Crippen LogP contribution in [0.5, 0.6) is 0 Å². The summed E-state index contributed by atoms with van der Waals surface area (Å²) >= 11 is 0. The molecule has 0 unspecified atom stereocenters. The molecular weight excluding hydrogens is 300 g/mol. The molecule has 2 heterocycles. The molecule has 1 N–H and O–H groups in total. The summed E-state index contributed by atoms with van der Waals surface area (Å²) < 4.78 is 2.16. The molecule has 5 heteroatoms.